The molecule has 0 bridgehead atoms. The summed E-state index contributed by atoms with van der Waals surface area (Å²) in [5.74, 6) is -0.0213. The van der Waals surface area contributed by atoms with Crippen LogP contribution in [0.15, 0.2) is 12.4 Å². The van der Waals surface area contributed by atoms with Crippen molar-refractivity contribution in [1.82, 2.24) is 19.6 Å². The Bertz CT molecular complexity index is 510. The third kappa shape index (κ3) is 3.11. The molecule has 21 heavy (non-hydrogen) atoms. The Morgan fingerprint density at radius 2 is 2.14 bits per heavy atom. The number of carbonyl (C=O) groups is 1. The van der Waals surface area contributed by atoms with E-state index in [4.69, 9.17) is 0 Å². The molecular weight excluding hydrogens is 268 g/mol. The number of hydrogen-bond donors (Lipinski definition) is 1. The molecule has 0 aromatic carbocycles. The van der Waals surface area contributed by atoms with Crippen LogP contribution >= 0.6 is 0 Å². The van der Waals surface area contributed by atoms with Gasteiger partial charge in [-0.15, -0.1) is 0 Å². The van der Waals surface area contributed by atoms with Crippen LogP contribution in [0, 0.1) is 0 Å². The van der Waals surface area contributed by atoms with Crippen LogP contribution in [-0.4, -0.2) is 68.9 Å². The molecule has 2 fully saturated rings. The summed E-state index contributed by atoms with van der Waals surface area (Å²) >= 11 is 0. The van der Waals surface area contributed by atoms with Crippen molar-refractivity contribution in [2.24, 2.45) is 0 Å². The monoisotopic (exact) mass is 292 g/mol. The third-order valence-electron chi connectivity index (χ3n) is 4.54. The third-order valence-corrected chi connectivity index (χ3v) is 4.54. The van der Waals surface area contributed by atoms with Gasteiger partial charge < -0.3 is 14.9 Å². The molecule has 6 nitrogen and oxygen atoms in total. The van der Waals surface area contributed by atoms with E-state index in [-0.39, 0.29) is 5.91 Å². The van der Waals surface area contributed by atoms with Gasteiger partial charge in [0.05, 0.1) is 23.9 Å². The lowest BCUT2D eigenvalue weighted by atomic mass is 10.0. The molecule has 2 saturated heterocycles. The minimum absolute atomic E-state index is 0.0213. The number of β-amino-alcohol motifs (C(OH)–C–C–N with tert-alkyl or cyclic N) is 1. The summed E-state index contributed by atoms with van der Waals surface area (Å²) in [5, 5.41) is 14.9. The van der Waals surface area contributed by atoms with Crippen molar-refractivity contribution in [2.75, 3.05) is 32.7 Å². The summed E-state index contributed by atoms with van der Waals surface area (Å²) in [4.78, 5) is 16.5. The number of aromatic nitrogens is 2. The van der Waals surface area contributed by atoms with Crippen molar-refractivity contribution in [3.05, 3.63) is 18.0 Å². The van der Waals surface area contributed by atoms with Gasteiger partial charge in [0.25, 0.3) is 5.91 Å². The molecule has 0 spiro atoms. The number of nitrogens with zero attached hydrogens (tertiary/aromatic N) is 4. The first kappa shape index (κ1) is 14.5. The maximum absolute atomic E-state index is 12.4. The molecule has 1 atom stereocenters. The smallest absolute Gasteiger partial charge is 0.257 e. The van der Waals surface area contributed by atoms with E-state index in [9.17, 15) is 9.90 Å². The lowest BCUT2D eigenvalue weighted by Gasteiger charge is -2.28. The number of aliphatic hydroxyl groups is 1. The van der Waals surface area contributed by atoms with Crippen LogP contribution < -0.4 is 0 Å². The Kier molecular flexibility index (Phi) is 3.99. The SMILES string of the molecule is CCn1cc(C(=O)N2CC[C@](O)(CN3CCCC3)C2)cn1. The van der Waals surface area contributed by atoms with E-state index in [1.807, 2.05) is 6.92 Å². The minimum atomic E-state index is -0.749. The molecule has 3 rings (SSSR count). The Hall–Kier alpha value is -1.40. The van der Waals surface area contributed by atoms with Gasteiger partial charge in [-0.1, -0.05) is 0 Å². The zero-order valence-corrected chi connectivity index (χ0v) is 12.7. The molecule has 2 aliphatic heterocycles. The fourth-order valence-electron chi connectivity index (χ4n) is 3.35. The predicted octanol–water partition coefficient (Wildman–Crippen LogP) is 0.576. The lowest BCUT2D eigenvalue weighted by Crippen LogP contribution is -2.45. The first-order valence-electron chi connectivity index (χ1n) is 7.86. The van der Waals surface area contributed by atoms with E-state index in [0.717, 1.165) is 19.6 Å². The zero-order valence-electron chi connectivity index (χ0n) is 12.7. The molecule has 0 radical (unpaired) electrons. The molecule has 2 aliphatic rings. The van der Waals surface area contributed by atoms with E-state index in [2.05, 4.69) is 10.00 Å². The largest absolute Gasteiger partial charge is 0.387 e. The van der Waals surface area contributed by atoms with Crippen molar-refractivity contribution in [2.45, 2.75) is 38.3 Å². The van der Waals surface area contributed by atoms with Gasteiger partial charge in [0.2, 0.25) is 0 Å². The molecule has 6 heteroatoms. The highest BCUT2D eigenvalue weighted by Gasteiger charge is 2.40. The predicted molar refractivity (Wildman–Crippen MR) is 79.0 cm³/mol. The molecular formula is C15H24N4O2. The molecule has 1 amide bonds. The quantitative estimate of drug-likeness (QED) is 0.881. The van der Waals surface area contributed by atoms with Crippen LogP contribution in [0.4, 0.5) is 0 Å². The average Bonchev–Trinajstić information content (AvgIpc) is 3.18. The van der Waals surface area contributed by atoms with Crippen molar-refractivity contribution >= 4 is 5.91 Å². The summed E-state index contributed by atoms with van der Waals surface area (Å²) < 4.78 is 1.75. The van der Waals surface area contributed by atoms with E-state index >= 15 is 0 Å². The molecule has 1 aromatic rings. The zero-order chi connectivity index (χ0) is 14.9. The van der Waals surface area contributed by atoms with E-state index in [0.29, 0.717) is 31.6 Å². The summed E-state index contributed by atoms with van der Waals surface area (Å²) in [7, 11) is 0. The second kappa shape index (κ2) is 5.77. The van der Waals surface area contributed by atoms with Crippen LogP contribution in [0.1, 0.15) is 36.5 Å². The second-order valence-corrected chi connectivity index (χ2v) is 6.27. The van der Waals surface area contributed by atoms with Gasteiger partial charge in [0.15, 0.2) is 0 Å². The van der Waals surface area contributed by atoms with Crippen molar-refractivity contribution < 1.29 is 9.90 Å². The van der Waals surface area contributed by atoms with Crippen molar-refractivity contribution in [3.8, 4) is 0 Å². The number of rotatable bonds is 4. The van der Waals surface area contributed by atoms with Gasteiger partial charge in [0.1, 0.15) is 0 Å². The molecule has 0 saturated carbocycles. The first-order chi connectivity index (χ1) is 10.1. The average molecular weight is 292 g/mol. The van der Waals surface area contributed by atoms with Gasteiger partial charge in [-0.25, -0.2) is 0 Å². The van der Waals surface area contributed by atoms with Gasteiger partial charge in [-0.2, -0.15) is 5.10 Å². The second-order valence-electron chi connectivity index (χ2n) is 6.27. The van der Waals surface area contributed by atoms with E-state index in [1.54, 1.807) is 22.0 Å². The summed E-state index contributed by atoms with van der Waals surface area (Å²) in [6, 6.07) is 0. The molecule has 1 N–H and O–H groups in total. The Morgan fingerprint density at radius 1 is 1.38 bits per heavy atom. The highest BCUT2D eigenvalue weighted by Crippen LogP contribution is 2.25. The number of carbonyl (C=O) groups excluding carboxylic acids is 1. The van der Waals surface area contributed by atoms with Gasteiger partial charge in [-0.05, 0) is 39.3 Å². The molecule has 0 unspecified atom stereocenters. The Labute approximate surface area is 125 Å². The standard InChI is InChI=1S/C15H24N4O2/c1-2-19-10-13(9-16-19)14(20)18-8-5-15(21,12-18)11-17-6-3-4-7-17/h9-10,21H,2-8,11-12H2,1H3/t15-/m0/s1. The minimum Gasteiger partial charge on any atom is -0.387 e. The van der Waals surface area contributed by atoms with Crippen LogP contribution in [-0.2, 0) is 6.54 Å². The van der Waals surface area contributed by atoms with E-state index < -0.39 is 5.60 Å². The Balaban J connectivity index is 1.61. The molecule has 3 heterocycles. The maximum Gasteiger partial charge on any atom is 0.257 e. The number of hydrogen-bond acceptors (Lipinski definition) is 4. The van der Waals surface area contributed by atoms with Crippen molar-refractivity contribution in [1.29, 1.82) is 0 Å². The van der Waals surface area contributed by atoms with Crippen LogP contribution in [0.5, 0.6) is 0 Å². The first-order valence-corrected chi connectivity index (χ1v) is 7.86. The maximum atomic E-state index is 12.4. The number of aryl methyl sites for hydroxylation is 1. The number of amides is 1. The van der Waals surface area contributed by atoms with Crippen LogP contribution in [0.2, 0.25) is 0 Å². The normalized spacial score (nSPS) is 26.7. The van der Waals surface area contributed by atoms with Crippen molar-refractivity contribution in [3.63, 3.8) is 0 Å². The summed E-state index contributed by atoms with van der Waals surface area (Å²) in [5.41, 5.74) is -0.136. The van der Waals surface area contributed by atoms with Gasteiger partial charge in [0, 0.05) is 25.8 Å². The highest BCUT2D eigenvalue weighted by atomic mass is 16.3. The topological polar surface area (TPSA) is 61.6 Å². The van der Waals surface area contributed by atoms with E-state index in [1.165, 1.54) is 12.8 Å². The fourth-order valence-corrected chi connectivity index (χ4v) is 3.35. The number of likely N-dealkylation sites (tertiary alicyclic amines) is 2. The lowest BCUT2D eigenvalue weighted by molar-refractivity contribution is 0.0175. The van der Waals surface area contributed by atoms with Crippen LogP contribution in [0.3, 0.4) is 0 Å². The van der Waals surface area contributed by atoms with Gasteiger partial charge >= 0.3 is 0 Å². The molecule has 116 valence electrons. The highest BCUT2D eigenvalue weighted by molar-refractivity contribution is 5.94. The van der Waals surface area contributed by atoms with Gasteiger partial charge in [-0.3, -0.25) is 9.48 Å². The Morgan fingerprint density at radius 3 is 2.81 bits per heavy atom. The molecule has 1 aromatic heterocycles. The summed E-state index contributed by atoms with van der Waals surface area (Å²) in [6.45, 7) is 6.63. The fraction of sp³-hybridized carbons (Fsp3) is 0.733. The van der Waals surface area contributed by atoms with Crippen LogP contribution in [0.25, 0.3) is 0 Å². The molecule has 0 aliphatic carbocycles. The summed E-state index contributed by atoms with van der Waals surface area (Å²) in [6.07, 6.45) is 6.49.